The number of nitrogens with zero attached hydrogens (tertiary/aromatic N) is 1. The molecular formula is C24H34IN3O3. The normalized spacial score (nSPS) is 16.0. The van der Waals surface area contributed by atoms with Crippen molar-refractivity contribution in [3.8, 4) is 5.75 Å². The summed E-state index contributed by atoms with van der Waals surface area (Å²) < 4.78 is 16.8. The van der Waals surface area contributed by atoms with Gasteiger partial charge in [0.25, 0.3) is 0 Å². The lowest BCUT2D eigenvalue weighted by Gasteiger charge is -2.17. The van der Waals surface area contributed by atoms with Crippen LogP contribution in [0.5, 0.6) is 5.75 Å². The van der Waals surface area contributed by atoms with Gasteiger partial charge < -0.3 is 24.8 Å². The molecule has 1 fully saturated rings. The number of ether oxygens (including phenoxy) is 3. The molecule has 0 radical (unpaired) electrons. The third kappa shape index (κ3) is 8.31. The molecule has 0 bridgehead atoms. The van der Waals surface area contributed by atoms with Crippen LogP contribution in [0.4, 0.5) is 0 Å². The summed E-state index contributed by atoms with van der Waals surface area (Å²) in [5.41, 5.74) is 4.65. The molecule has 1 heterocycles. The Morgan fingerprint density at radius 3 is 2.68 bits per heavy atom. The second kappa shape index (κ2) is 13.5. The average Bonchev–Trinajstić information content (AvgIpc) is 3.27. The molecule has 6 nitrogen and oxygen atoms in total. The van der Waals surface area contributed by atoms with Crippen LogP contribution in [0, 0.1) is 12.8 Å². The van der Waals surface area contributed by atoms with Gasteiger partial charge in [0.15, 0.2) is 5.96 Å². The number of nitrogens with one attached hydrogen (secondary N) is 2. The Kier molecular flexibility index (Phi) is 11.1. The highest BCUT2D eigenvalue weighted by Gasteiger charge is 2.17. The van der Waals surface area contributed by atoms with E-state index < -0.39 is 0 Å². The molecule has 1 aliphatic heterocycles. The molecule has 3 rings (SSSR count). The molecule has 0 spiro atoms. The van der Waals surface area contributed by atoms with Gasteiger partial charge in [-0.15, -0.1) is 24.0 Å². The lowest BCUT2D eigenvalue weighted by Crippen LogP contribution is -2.36. The number of aryl methyl sites for hydroxylation is 1. The number of methoxy groups -OCH3 is 1. The third-order valence-corrected chi connectivity index (χ3v) is 5.15. The molecule has 1 atom stereocenters. The molecule has 170 valence electrons. The zero-order valence-corrected chi connectivity index (χ0v) is 21.0. The zero-order chi connectivity index (χ0) is 21.2. The molecule has 31 heavy (non-hydrogen) atoms. The van der Waals surface area contributed by atoms with E-state index in [4.69, 9.17) is 14.2 Å². The van der Waals surface area contributed by atoms with Gasteiger partial charge in [-0.25, -0.2) is 0 Å². The fourth-order valence-corrected chi connectivity index (χ4v) is 3.45. The van der Waals surface area contributed by atoms with E-state index >= 15 is 0 Å². The standard InChI is InChI=1S/C24H33N3O3.HI/c1-18-7-8-22(23(11-18)30-17-21-9-10-29-16-21)14-27-24(25-2)26-13-19-5-4-6-20(12-19)15-28-3;/h4-8,11-12,21H,9-10,13-17H2,1-3H3,(H2,25,26,27);1H. The van der Waals surface area contributed by atoms with Crippen molar-refractivity contribution in [1.82, 2.24) is 10.6 Å². The van der Waals surface area contributed by atoms with Crippen LogP contribution >= 0.6 is 24.0 Å². The fourth-order valence-electron chi connectivity index (χ4n) is 3.45. The van der Waals surface area contributed by atoms with Crippen molar-refractivity contribution in [1.29, 1.82) is 0 Å². The van der Waals surface area contributed by atoms with Crippen molar-refractivity contribution >= 4 is 29.9 Å². The maximum atomic E-state index is 6.14. The summed E-state index contributed by atoms with van der Waals surface area (Å²) in [6.45, 7) is 6.36. The van der Waals surface area contributed by atoms with Crippen molar-refractivity contribution < 1.29 is 14.2 Å². The Balaban J connectivity index is 0.00000341. The second-order valence-electron chi connectivity index (χ2n) is 7.68. The van der Waals surface area contributed by atoms with Gasteiger partial charge in [0.05, 0.1) is 19.8 Å². The van der Waals surface area contributed by atoms with Gasteiger partial charge in [0.2, 0.25) is 0 Å². The fraction of sp³-hybridized carbons (Fsp3) is 0.458. The molecule has 2 aromatic rings. The van der Waals surface area contributed by atoms with Crippen molar-refractivity contribution in [3.63, 3.8) is 0 Å². The average molecular weight is 539 g/mol. The molecule has 1 unspecified atom stereocenters. The highest BCUT2D eigenvalue weighted by atomic mass is 127. The number of aliphatic imine (C=N–C) groups is 1. The van der Waals surface area contributed by atoms with E-state index in [0.29, 0.717) is 32.2 Å². The molecule has 0 aromatic heterocycles. The van der Waals surface area contributed by atoms with Gasteiger partial charge in [0, 0.05) is 45.3 Å². The van der Waals surface area contributed by atoms with Crippen molar-refractivity contribution in [2.75, 3.05) is 34.0 Å². The van der Waals surface area contributed by atoms with E-state index in [1.54, 1.807) is 14.2 Å². The monoisotopic (exact) mass is 539 g/mol. The Morgan fingerprint density at radius 1 is 1.13 bits per heavy atom. The quantitative estimate of drug-likeness (QED) is 0.286. The molecule has 7 heteroatoms. The van der Waals surface area contributed by atoms with Crippen LogP contribution in [0.25, 0.3) is 0 Å². The number of hydrogen-bond donors (Lipinski definition) is 2. The van der Waals surface area contributed by atoms with Crippen molar-refractivity contribution in [3.05, 3.63) is 64.7 Å². The van der Waals surface area contributed by atoms with Gasteiger partial charge in [-0.1, -0.05) is 36.4 Å². The van der Waals surface area contributed by atoms with Crippen LogP contribution in [0.3, 0.4) is 0 Å². The second-order valence-corrected chi connectivity index (χ2v) is 7.68. The minimum atomic E-state index is 0. The minimum absolute atomic E-state index is 0. The third-order valence-electron chi connectivity index (χ3n) is 5.15. The molecule has 1 saturated heterocycles. The first-order chi connectivity index (χ1) is 14.7. The number of halogens is 1. The largest absolute Gasteiger partial charge is 0.493 e. The van der Waals surface area contributed by atoms with E-state index in [9.17, 15) is 0 Å². The van der Waals surface area contributed by atoms with Crippen LogP contribution in [-0.4, -0.2) is 39.9 Å². The van der Waals surface area contributed by atoms with Gasteiger partial charge >= 0.3 is 0 Å². The first-order valence-corrected chi connectivity index (χ1v) is 10.5. The minimum Gasteiger partial charge on any atom is -0.493 e. The van der Waals surface area contributed by atoms with E-state index in [2.05, 4.69) is 58.9 Å². The maximum absolute atomic E-state index is 6.14. The van der Waals surface area contributed by atoms with Crippen LogP contribution in [-0.2, 0) is 29.2 Å². The van der Waals surface area contributed by atoms with Crippen molar-refractivity contribution in [2.45, 2.75) is 33.0 Å². The van der Waals surface area contributed by atoms with E-state index in [1.165, 1.54) is 11.1 Å². The molecule has 1 aliphatic rings. The Labute approximate surface area is 202 Å². The first-order valence-electron chi connectivity index (χ1n) is 10.5. The highest BCUT2D eigenvalue weighted by Crippen LogP contribution is 2.22. The summed E-state index contributed by atoms with van der Waals surface area (Å²) in [5, 5.41) is 6.77. The summed E-state index contributed by atoms with van der Waals surface area (Å²) in [6, 6.07) is 14.7. The summed E-state index contributed by atoms with van der Waals surface area (Å²) in [5.74, 6) is 2.16. The zero-order valence-electron chi connectivity index (χ0n) is 18.6. The SMILES string of the molecule is CN=C(NCc1cccc(COC)c1)NCc1ccc(C)cc1OCC1CCOC1.I. The van der Waals surface area contributed by atoms with E-state index in [1.807, 2.05) is 6.07 Å². The summed E-state index contributed by atoms with van der Waals surface area (Å²) >= 11 is 0. The van der Waals surface area contributed by atoms with Crippen LogP contribution in [0.1, 0.15) is 28.7 Å². The van der Waals surface area contributed by atoms with Crippen molar-refractivity contribution in [2.24, 2.45) is 10.9 Å². The van der Waals surface area contributed by atoms with Crippen LogP contribution in [0.2, 0.25) is 0 Å². The number of guanidine groups is 1. The molecule has 0 aliphatic carbocycles. The predicted octanol–water partition coefficient (Wildman–Crippen LogP) is 4.04. The van der Waals surface area contributed by atoms with E-state index in [0.717, 1.165) is 42.5 Å². The molecule has 0 saturated carbocycles. The Morgan fingerprint density at radius 2 is 1.94 bits per heavy atom. The predicted molar refractivity (Wildman–Crippen MR) is 135 cm³/mol. The lowest BCUT2D eigenvalue weighted by atomic mass is 10.1. The summed E-state index contributed by atoms with van der Waals surface area (Å²) in [6.07, 6.45) is 1.07. The van der Waals surface area contributed by atoms with Gasteiger partial charge in [-0.2, -0.15) is 0 Å². The van der Waals surface area contributed by atoms with Crippen LogP contribution in [0.15, 0.2) is 47.5 Å². The van der Waals surface area contributed by atoms with Crippen LogP contribution < -0.4 is 15.4 Å². The molecule has 2 aromatic carbocycles. The summed E-state index contributed by atoms with van der Waals surface area (Å²) in [7, 11) is 3.49. The summed E-state index contributed by atoms with van der Waals surface area (Å²) in [4.78, 5) is 4.35. The lowest BCUT2D eigenvalue weighted by molar-refractivity contribution is 0.166. The Hall–Kier alpha value is -1.84. The molecular weight excluding hydrogens is 505 g/mol. The maximum Gasteiger partial charge on any atom is 0.191 e. The highest BCUT2D eigenvalue weighted by molar-refractivity contribution is 14.0. The molecule has 0 amide bonds. The number of hydrogen-bond acceptors (Lipinski definition) is 4. The molecule has 2 N–H and O–H groups in total. The first kappa shape index (κ1) is 25.4. The number of benzene rings is 2. The van der Waals surface area contributed by atoms with E-state index in [-0.39, 0.29) is 24.0 Å². The number of rotatable bonds is 9. The topological polar surface area (TPSA) is 64.1 Å². The smallest absolute Gasteiger partial charge is 0.191 e. The van der Waals surface area contributed by atoms with Gasteiger partial charge in [-0.3, -0.25) is 4.99 Å². The van der Waals surface area contributed by atoms with Gasteiger partial charge in [-0.05, 0) is 36.1 Å². The Bertz CT molecular complexity index is 839. The van der Waals surface area contributed by atoms with Gasteiger partial charge in [0.1, 0.15) is 5.75 Å².